The molecule has 0 radical (unpaired) electrons. The Bertz CT molecular complexity index is 658. The molecule has 248 valence electrons. The van der Waals surface area contributed by atoms with Gasteiger partial charge in [-0.3, -0.25) is 0 Å². The molecule has 4 fully saturated rings. The monoisotopic (exact) mass is 595 g/mol. The summed E-state index contributed by atoms with van der Waals surface area (Å²) < 4.78 is 5.91. The largest absolute Gasteiger partial charge is 0.373 e. The van der Waals surface area contributed by atoms with Crippen molar-refractivity contribution in [2.45, 2.75) is 181 Å². The first-order valence-electron chi connectivity index (χ1n) is 20.1. The van der Waals surface area contributed by atoms with Crippen LogP contribution < -0.4 is 0 Å². The molecule has 0 aliphatic heterocycles. The van der Waals surface area contributed by atoms with Crippen LogP contribution in [-0.2, 0) is 4.74 Å². The highest BCUT2D eigenvalue weighted by Crippen LogP contribution is 2.44. The van der Waals surface area contributed by atoms with Gasteiger partial charge in [0.15, 0.2) is 0 Å². The second-order valence-corrected chi connectivity index (χ2v) is 16.1. The summed E-state index contributed by atoms with van der Waals surface area (Å²) in [4.78, 5) is 0. The van der Waals surface area contributed by atoms with E-state index >= 15 is 0 Å². The fourth-order valence-corrected chi connectivity index (χ4v) is 9.97. The average Bonchev–Trinajstić information content (AvgIpc) is 3.05. The molecule has 1 nitrogen and oxygen atoms in total. The Morgan fingerprint density at radius 1 is 0.395 bits per heavy atom. The van der Waals surface area contributed by atoms with E-state index in [1.54, 1.807) is 25.7 Å². The molecule has 0 aromatic carbocycles. The Kier molecular flexibility index (Phi) is 17.5. The van der Waals surface area contributed by atoms with Crippen molar-refractivity contribution < 1.29 is 4.74 Å². The molecule has 0 atom stereocenters. The SMILES string of the molecule is CCCCCC1CCC(C2CCC(CC=CCOCC=CCC3CCC(C4CCC(CCCCC)CC4)CC3)CC2)CC1. The molecule has 43 heavy (non-hydrogen) atoms. The van der Waals surface area contributed by atoms with Crippen LogP contribution in [0.4, 0.5) is 0 Å². The van der Waals surface area contributed by atoms with E-state index in [-0.39, 0.29) is 0 Å². The molecule has 4 aliphatic carbocycles. The first kappa shape index (κ1) is 35.3. The molecule has 0 amide bonds. The van der Waals surface area contributed by atoms with Crippen LogP contribution >= 0.6 is 0 Å². The Hall–Kier alpha value is -0.560. The molecule has 0 bridgehead atoms. The lowest BCUT2D eigenvalue weighted by Gasteiger charge is -2.37. The summed E-state index contributed by atoms with van der Waals surface area (Å²) in [5.74, 6) is 8.20. The summed E-state index contributed by atoms with van der Waals surface area (Å²) in [7, 11) is 0. The lowest BCUT2D eigenvalue weighted by atomic mass is 9.68. The summed E-state index contributed by atoms with van der Waals surface area (Å²) in [6.45, 7) is 6.24. The molecule has 1 heteroatoms. The fourth-order valence-electron chi connectivity index (χ4n) is 9.97. The summed E-state index contributed by atoms with van der Waals surface area (Å²) >= 11 is 0. The maximum Gasteiger partial charge on any atom is 0.0651 e. The summed E-state index contributed by atoms with van der Waals surface area (Å²) in [6, 6.07) is 0. The molecule has 0 N–H and O–H groups in total. The second-order valence-electron chi connectivity index (χ2n) is 16.1. The van der Waals surface area contributed by atoms with Gasteiger partial charge >= 0.3 is 0 Å². The van der Waals surface area contributed by atoms with E-state index in [0.717, 1.165) is 60.6 Å². The van der Waals surface area contributed by atoms with Crippen LogP contribution in [0.25, 0.3) is 0 Å². The van der Waals surface area contributed by atoms with Crippen molar-refractivity contribution >= 4 is 0 Å². The average molecular weight is 595 g/mol. The lowest BCUT2D eigenvalue weighted by molar-refractivity contribution is 0.143. The first-order valence-corrected chi connectivity index (χ1v) is 20.1. The second kappa shape index (κ2) is 21.3. The van der Waals surface area contributed by atoms with Gasteiger partial charge < -0.3 is 4.74 Å². The lowest BCUT2D eigenvalue weighted by Crippen LogP contribution is -2.25. The zero-order valence-electron chi connectivity index (χ0n) is 29.1. The van der Waals surface area contributed by atoms with Crippen LogP contribution in [-0.4, -0.2) is 13.2 Å². The van der Waals surface area contributed by atoms with Crippen molar-refractivity contribution in [1.29, 1.82) is 0 Å². The van der Waals surface area contributed by atoms with Crippen molar-refractivity contribution in [3.05, 3.63) is 24.3 Å². The van der Waals surface area contributed by atoms with Crippen molar-refractivity contribution in [2.24, 2.45) is 47.3 Å². The summed E-state index contributed by atoms with van der Waals surface area (Å²) in [5, 5.41) is 0. The van der Waals surface area contributed by atoms with Gasteiger partial charge in [-0.05, 0) is 137 Å². The number of unbranched alkanes of at least 4 members (excludes halogenated alkanes) is 4. The van der Waals surface area contributed by atoms with Gasteiger partial charge in [0.1, 0.15) is 0 Å². The minimum absolute atomic E-state index is 0.785. The molecule has 4 saturated carbocycles. The third kappa shape index (κ3) is 13.4. The van der Waals surface area contributed by atoms with Crippen molar-refractivity contribution in [3.8, 4) is 0 Å². The van der Waals surface area contributed by atoms with Gasteiger partial charge in [0, 0.05) is 0 Å². The number of ether oxygens (including phenoxy) is 1. The molecular formula is C42H74O. The van der Waals surface area contributed by atoms with Crippen LogP contribution in [0.15, 0.2) is 24.3 Å². The molecule has 0 unspecified atom stereocenters. The third-order valence-electron chi connectivity index (χ3n) is 13.0. The molecule has 0 saturated heterocycles. The number of hydrogen-bond acceptors (Lipinski definition) is 1. The van der Waals surface area contributed by atoms with E-state index in [4.69, 9.17) is 4.74 Å². The van der Waals surface area contributed by atoms with E-state index < -0.39 is 0 Å². The maximum atomic E-state index is 5.91. The number of allylic oxidation sites excluding steroid dienone is 2. The van der Waals surface area contributed by atoms with Gasteiger partial charge in [-0.2, -0.15) is 0 Å². The predicted octanol–water partition coefficient (Wildman–Crippen LogP) is 13.3. The Balaban J connectivity index is 0.953. The normalized spacial score (nSPS) is 34.3. The van der Waals surface area contributed by atoms with E-state index in [2.05, 4.69) is 38.2 Å². The number of rotatable bonds is 18. The molecule has 0 aromatic heterocycles. The fraction of sp³-hybridized carbons (Fsp3) is 0.905. The van der Waals surface area contributed by atoms with E-state index in [9.17, 15) is 0 Å². The highest BCUT2D eigenvalue weighted by atomic mass is 16.5. The topological polar surface area (TPSA) is 9.23 Å². The molecule has 4 rings (SSSR count). The Morgan fingerprint density at radius 2 is 0.721 bits per heavy atom. The van der Waals surface area contributed by atoms with Gasteiger partial charge in [-0.25, -0.2) is 0 Å². The molecular weight excluding hydrogens is 520 g/mol. The minimum atomic E-state index is 0.785. The van der Waals surface area contributed by atoms with Gasteiger partial charge in [0.2, 0.25) is 0 Å². The van der Waals surface area contributed by atoms with Crippen molar-refractivity contribution in [1.82, 2.24) is 0 Å². The standard InChI is InChI=1S/C42H74O/c1-3-5-7-13-35-17-25-39(26-18-35)41-29-21-37(22-30-41)15-9-11-33-43-34-12-10-16-38-23-31-42(32-24-38)40-27-19-36(20-28-40)14-8-6-4-2/h9-12,35-42H,3-8,13-34H2,1-2H3. The number of hydrogen-bond donors (Lipinski definition) is 0. The van der Waals surface area contributed by atoms with E-state index in [1.807, 2.05) is 0 Å². The third-order valence-corrected chi connectivity index (χ3v) is 13.0. The summed E-state index contributed by atoms with van der Waals surface area (Å²) in [6.07, 6.45) is 47.8. The quantitative estimate of drug-likeness (QED) is 0.113. The molecule has 0 aromatic rings. The van der Waals surface area contributed by atoms with Crippen LogP contribution in [0.3, 0.4) is 0 Å². The molecule has 4 aliphatic rings. The minimum Gasteiger partial charge on any atom is -0.373 e. The zero-order valence-corrected chi connectivity index (χ0v) is 29.1. The van der Waals surface area contributed by atoms with E-state index in [0.29, 0.717) is 0 Å². The molecule has 0 heterocycles. The van der Waals surface area contributed by atoms with Crippen molar-refractivity contribution in [3.63, 3.8) is 0 Å². The highest BCUT2D eigenvalue weighted by Gasteiger charge is 2.31. The Labute approximate surface area is 269 Å². The van der Waals surface area contributed by atoms with Crippen LogP contribution in [0.2, 0.25) is 0 Å². The van der Waals surface area contributed by atoms with Crippen LogP contribution in [0.5, 0.6) is 0 Å². The molecule has 0 spiro atoms. The highest BCUT2D eigenvalue weighted by molar-refractivity contribution is 4.90. The summed E-state index contributed by atoms with van der Waals surface area (Å²) in [5.41, 5.74) is 0. The maximum absolute atomic E-state index is 5.91. The van der Waals surface area contributed by atoms with Gasteiger partial charge in [0.05, 0.1) is 13.2 Å². The predicted molar refractivity (Wildman–Crippen MR) is 188 cm³/mol. The van der Waals surface area contributed by atoms with Crippen molar-refractivity contribution in [2.75, 3.05) is 13.2 Å². The van der Waals surface area contributed by atoms with Gasteiger partial charge in [-0.15, -0.1) is 0 Å². The van der Waals surface area contributed by atoms with E-state index in [1.165, 1.54) is 141 Å². The smallest absolute Gasteiger partial charge is 0.0651 e. The van der Waals surface area contributed by atoms with Gasteiger partial charge in [-0.1, -0.05) is 115 Å². The van der Waals surface area contributed by atoms with Gasteiger partial charge in [0.25, 0.3) is 0 Å². The first-order chi connectivity index (χ1) is 21.2. The zero-order chi connectivity index (χ0) is 30.0. The Morgan fingerprint density at radius 3 is 1.05 bits per heavy atom. The van der Waals surface area contributed by atoms with Crippen LogP contribution in [0.1, 0.15) is 181 Å². The van der Waals surface area contributed by atoms with Crippen LogP contribution in [0, 0.1) is 47.3 Å².